The average molecular weight is 380 g/mol. The van der Waals surface area contributed by atoms with Crippen LogP contribution in [0.5, 0.6) is 5.75 Å². The van der Waals surface area contributed by atoms with Crippen molar-refractivity contribution in [3.8, 4) is 5.75 Å². The first-order valence-electron chi connectivity index (χ1n) is 7.26. The summed E-state index contributed by atoms with van der Waals surface area (Å²) in [6.45, 7) is 2.74. The van der Waals surface area contributed by atoms with Gasteiger partial charge in [0.2, 0.25) is 0 Å². The van der Waals surface area contributed by atoms with E-state index in [-0.39, 0.29) is 5.78 Å². The normalized spacial score (nSPS) is 20.4. The summed E-state index contributed by atoms with van der Waals surface area (Å²) in [7, 11) is 0. The fourth-order valence-corrected chi connectivity index (χ4v) is 4.29. The van der Waals surface area contributed by atoms with Gasteiger partial charge in [-0.15, -0.1) is 11.8 Å². The molecule has 1 saturated carbocycles. The van der Waals surface area contributed by atoms with Gasteiger partial charge < -0.3 is 9.26 Å². The van der Waals surface area contributed by atoms with Crippen LogP contribution in [0.4, 0.5) is 0 Å². The average Bonchev–Trinajstić information content (AvgIpc) is 3.24. The van der Waals surface area contributed by atoms with Crippen molar-refractivity contribution in [3.05, 3.63) is 39.7 Å². The molecule has 4 nitrogen and oxygen atoms in total. The van der Waals surface area contributed by atoms with Gasteiger partial charge in [-0.1, -0.05) is 5.16 Å². The summed E-state index contributed by atoms with van der Waals surface area (Å²) in [5, 5.41) is 4.15. The van der Waals surface area contributed by atoms with Crippen LogP contribution in [0, 0.1) is 0 Å². The van der Waals surface area contributed by atoms with Crippen molar-refractivity contribution in [1.29, 1.82) is 0 Å². The second-order valence-corrected chi connectivity index (χ2v) is 8.00. The van der Waals surface area contributed by atoms with Gasteiger partial charge in [0.1, 0.15) is 12.4 Å². The summed E-state index contributed by atoms with van der Waals surface area (Å²) in [4.78, 5) is 13.9. The van der Waals surface area contributed by atoms with Crippen molar-refractivity contribution in [2.45, 2.75) is 35.8 Å². The quantitative estimate of drug-likeness (QED) is 0.738. The second kappa shape index (κ2) is 5.42. The highest BCUT2D eigenvalue weighted by Crippen LogP contribution is 2.46. The lowest BCUT2D eigenvalue weighted by Gasteiger charge is -2.24. The predicted octanol–water partition coefficient (Wildman–Crippen LogP) is 4.42. The maximum absolute atomic E-state index is 13.0. The van der Waals surface area contributed by atoms with Gasteiger partial charge in [0.25, 0.3) is 0 Å². The Bertz CT molecular complexity index is 754. The number of rotatable bonds is 3. The zero-order chi connectivity index (χ0) is 15.3. The molecule has 1 aliphatic heterocycles. The molecule has 4 rings (SSSR count). The molecule has 0 bridgehead atoms. The van der Waals surface area contributed by atoms with E-state index in [0.717, 1.165) is 33.7 Å². The van der Waals surface area contributed by atoms with Crippen LogP contribution in [0.15, 0.2) is 32.2 Å². The molecule has 0 N–H and O–H groups in total. The highest BCUT2D eigenvalue weighted by atomic mass is 79.9. The molecular weight excluding hydrogens is 366 g/mol. The Morgan fingerprint density at radius 1 is 1.36 bits per heavy atom. The summed E-state index contributed by atoms with van der Waals surface area (Å²) in [5.41, 5.74) is 1.26. The highest BCUT2D eigenvalue weighted by molar-refractivity contribution is 9.10. The molecule has 1 unspecified atom stereocenters. The Hall–Kier alpha value is -1.27. The van der Waals surface area contributed by atoms with E-state index in [1.165, 1.54) is 0 Å². The van der Waals surface area contributed by atoms with Crippen molar-refractivity contribution in [1.82, 2.24) is 5.16 Å². The van der Waals surface area contributed by atoms with Crippen molar-refractivity contribution in [2.24, 2.45) is 0 Å². The molecule has 1 aromatic carbocycles. The van der Waals surface area contributed by atoms with E-state index >= 15 is 0 Å². The van der Waals surface area contributed by atoms with Gasteiger partial charge in [0, 0.05) is 16.7 Å². The van der Waals surface area contributed by atoms with Crippen LogP contribution < -0.4 is 4.74 Å². The van der Waals surface area contributed by atoms with Gasteiger partial charge in [-0.05, 0) is 47.8 Å². The number of carbonyl (C=O) groups excluding carboxylic acids is 1. The molecule has 0 radical (unpaired) electrons. The minimum Gasteiger partial charge on any atom is -0.490 e. The van der Waals surface area contributed by atoms with Crippen LogP contribution in [0.1, 0.15) is 47.4 Å². The van der Waals surface area contributed by atoms with Gasteiger partial charge in [-0.3, -0.25) is 4.79 Å². The van der Waals surface area contributed by atoms with Gasteiger partial charge in [-0.2, -0.15) is 0 Å². The van der Waals surface area contributed by atoms with E-state index in [1.54, 1.807) is 18.0 Å². The molecule has 1 fully saturated rings. The molecule has 6 heteroatoms. The number of fused-ring (bicyclic) bond motifs is 1. The van der Waals surface area contributed by atoms with Gasteiger partial charge in [0.05, 0.1) is 21.1 Å². The number of hydrogen-bond donors (Lipinski definition) is 0. The fourth-order valence-electron chi connectivity index (χ4n) is 2.61. The van der Waals surface area contributed by atoms with Crippen molar-refractivity contribution >= 4 is 33.5 Å². The zero-order valence-corrected chi connectivity index (χ0v) is 14.4. The highest BCUT2D eigenvalue weighted by Gasteiger charge is 2.34. The van der Waals surface area contributed by atoms with E-state index < -0.39 is 0 Å². The van der Waals surface area contributed by atoms with Gasteiger partial charge >= 0.3 is 0 Å². The number of ketones is 1. The van der Waals surface area contributed by atoms with E-state index in [1.807, 2.05) is 12.1 Å². The first-order chi connectivity index (χ1) is 10.6. The Morgan fingerprint density at radius 2 is 2.18 bits per heavy atom. The molecule has 0 spiro atoms. The standard InChI is InChI=1S/C16H14BrNO3S/c1-8-7-20-15-12(17)5-4-10(16(15)22-8)13(19)11-6-18-21-14(11)9-2-3-9/h4-6,8-9H,2-3,7H2,1H3. The van der Waals surface area contributed by atoms with Gasteiger partial charge in [-0.25, -0.2) is 0 Å². The van der Waals surface area contributed by atoms with E-state index in [9.17, 15) is 4.79 Å². The molecule has 1 atom stereocenters. The minimum absolute atomic E-state index is 0.0305. The molecule has 2 heterocycles. The first-order valence-corrected chi connectivity index (χ1v) is 8.93. The lowest BCUT2D eigenvalue weighted by atomic mass is 10.0. The molecular formula is C16H14BrNO3S. The molecule has 0 amide bonds. The maximum Gasteiger partial charge on any atom is 0.199 e. The zero-order valence-electron chi connectivity index (χ0n) is 12.0. The Kier molecular flexibility index (Phi) is 3.53. The van der Waals surface area contributed by atoms with Crippen molar-refractivity contribution in [3.63, 3.8) is 0 Å². The molecule has 114 valence electrons. The molecule has 22 heavy (non-hydrogen) atoms. The third-order valence-corrected chi connectivity index (χ3v) is 5.69. The number of halogens is 1. The van der Waals surface area contributed by atoms with Crippen molar-refractivity contribution in [2.75, 3.05) is 6.61 Å². The summed E-state index contributed by atoms with van der Waals surface area (Å²) >= 11 is 5.18. The number of hydrogen-bond acceptors (Lipinski definition) is 5. The monoisotopic (exact) mass is 379 g/mol. The Morgan fingerprint density at radius 3 is 2.95 bits per heavy atom. The smallest absolute Gasteiger partial charge is 0.199 e. The van der Waals surface area contributed by atoms with Crippen LogP contribution in [0.2, 0.25) is 0 Å². The summed E-state index contributed by atoms with van der Waals surface area (Å²) < 4.78 is 12.0. The lowest BCUT2D eigenvalue weighted by Crippen LogP contribution is -2.18. The fraction of sp³-hybridized carbons (Fsp3) is 0.375. The minimum atomic E-state index is -0.0305. The summed E-state index contributed by atoms with van der Waals surface area (Å²) in [5.74, 6) is 1.82. The first kappa shape index (κ1) is 14.3. The molecule has 1 aliphatic carbocycles. The molecule has 1 aromatic heterocycles. The number of benzene rings is 1. The number of ether oxygens (including phenoxy) is 1. The largest absolute Gasteiger partial charge is 0.490 e. The van der Waals surface area contributed by atoms with E-state index in [2.05, 4.69) is 28.0 Å². The van der Waals surface area contributed by atoms with Crippen LogP contribution in [-0.2, 0) is 0 Å². The predicted molar refractivity (Wildman–Crippen MR) is 86.9 cm³/mol. The number of thioether (sulfide) groups is 1. The molecule has 2 aliphatic rings. The third kappa shape index (κ3) is 2.38. The van der Waals surface area contributed by atoms with Crippen LogP contribution >= 0.6 is 27.7 Å². The Balaban J connectivity index is 1.79. The third-order valence-electron chi connectivity index (χ3n) is 3.88. The molecule has 0 saturated heterocycles. The van der Waals surface area contributed by atoms with Crippen LogP contribution in [-0.4, -0.2) is 22.8 Å². The maximum atomic E-state index is 13.0. The number of nitrogens with zero attached hydrogens (tertiary/aromatic N) is 1. The van der Waals surface area contributed by atoms with Crippen LogP contribution in [0.3, 0.4) is 0 Å². The second-order valence-electron chi connectivity index (χ2n) is 5.70. The topological polar surface area (TPSA) is 52.3 Å². The summed E-state index contributed by atoms with van der Waals surface area (Å²) in [6.07, 6.45) is 3.69. The number of carbonyl (C=O) groups is 1. The van der Waals surface area contributed by atoms with E-state index in [4.69, 9.17) is 9.26 Å². The van der Waals surface area contributed by atoms with Crippen molar-refractivity contribution < 1.29 is 14.1 Å². The number of aromatic nitrogens is 1. The van der Waals surface area contributed by atoms with Gasteiger partial charge in [0.15, 0.2) is 11.5 Å². The Labute approximate surface area is 140 Å². The summed E-state index contributed by atoms with van der Waals surface area (Å²) in [6, 6.07) is 3.72. The van der Waals surface area contributed by atoms with Crippen LogP contribution in [0.25, 0.3) is 0 Å². The molecule has 2 aromatic rings. The SMILES string of the molecule is CC1COc2c(Br)ccc(C(=O)c3cnoc3C3CC3)c2S1. The van der Waals surface area contributed by atoms with E-state index in [0.29, 0.717) is 28.9 Å². The lowest BCUT2D eigenvalue weighted by molar-refractivity contribution is 0.103.